The lowest BCUT2D eigenvalue weighted by Gasteiger charge is -2.09. The minimum Gasteiger partial charge on any atom is -0.242 e. The van der Waals surface area contributed by atoms with E-state index in [2.05, 4.69) is 9.97 Å². The molecule has 104 valence electrons. The van der Waals surface area contributed by atoms with Crippen molar-refractivity contribution in [3.05, 3.63) is 73.2 Å². The highest BCUT2D eigenvalue weighted by Gasteiger charge is 2.13. The molecule has 0 radical (unpaired) electrons. The summed E-state index contributed by atoms with van der Waals surface area (Å²) in [6.45, 7) is 0. The average Bonchev–Trinajstić information content (AvgIpc) is 2.62. The molecule has 2 heterocycles. The van der Waals surface area contributed by atoms with E-state index in [0.717, 1.165) is 22.5 Å². The van der Waals surface area contributed by atoms with Gasteiger partial charge in [-0.15, -0.1) is 0 Å². The molecular weight excluding hydrogens is 272 g/mol. The SMILES string of the molecule is c1ccc(-c2nc3cncnc3nc2-c2ccccc2)cc1. The summed E-state index contributed by atoms with van der Waals surface area (Å²) in [5.74, 6) is 0. The smallest absolute Gasteiger partial charge is 0.181 e. The van der Waals surface area contributed by atoms with Crippen LogP contribution in [0.25, 0.3) is 33.7 Å². The van der Waals surface area contributed by atoms with E-state index in [0.29, 0.717) is 11.2 Å². The van der Waals surface area contributed by atoms with Crippen LogP contribution < -0.4 is 0 Å². The molecule has 0 spiro atoms. The third-order valence-corrected chi connectivity index (χ3v) is 3.44. The fraction of sp³-hybridized carbons (Fsp3) is 0. The Bertz CT molecular complexity index is 843. The predicted molar refractivity (Wildman–Crippen MR) is 86.0 cm³/mol. The van der Waals surface area contributed by atoms with Crippen LogP contribution in [0.15, 0.2) is 73.2 Å². The van der Waals surface area contributed by atoms with Gasteiger partial charge in [-0.05, 0) is 0 Å². The van der Waals surface area contributed by atoms with E-state index in [1.54, 1.807) is 6.20 Å². The Kier molecular flexibility index (Phi) is 3.05. The predicted octanol–water partition coefficient (Wildman–Crippen LogP) is 3.75. The molecule has 4 heteroatoms. The topological polar surface area (TPSA) is 51.6 Å². The van der Waals surface area contributed by atoms with Crippen molar-refractivity contribution in [1.29, 1.82) is 0 Å². The molecule has 0 bridgehead atoms. The standard InChI is InChI=1S/C18H12N4/c1-3-7-13(8-4-1)16-17(14-9-5-2-6-10-14)22-18-15(21-16)11-19-12-20-18/h1-12H. The summed E-state index contributed by atoms with van der Waals surface area (Å²) in [6, 6.07) is 20.1. The van der Waals surface area contributed by atoms with Crippen molar-refractivity contribution in [3.63, 3.8) is 0 Å². The monoisotopic (exact) mass is 284 g/mol. The highest BCUT2D eigenvalue weighted by atomic mass is 15.0. The average molecular weight is 284 g/mol. The van der Waals surface area contributed by atoms with E-state index < -0.39 is 0 Å². The first-order valence-electron chi connectivity index (χ1n) is 7.00. The zero-order valence-electron chi connectivity index (χ0n) is 11.7. The molecule has 2 aromatic carbocycles. The van der Waals surface area contributed by atoms with Crippen molar-refractivity contribution in [2.75, 3.05) is 0 Å². The molecule has 2 aromatic heterocycles. The van der Waals surface area contributed by atoms with Gasteiger partial charge in [0.15, 0.2) is 5.65 Å². The minimum atomic E-state index is 0.605. The van der Waals surface area contributed by atoms with E-state index in [1.165, 1.54) is 6.33 Å². The lowest BCUT2D eigenvalue weighted by molar-refractivity contribution is 1.15. The highest BCUT2D eigenvalue weighted by Crippen LogP contribution is 2.29. The second-order valence-electron chi connectivity index (χ2n) is 4.88. The molecule has 0 amide bonds. The number of rotatable bonds is 2. The number of fused-ring (bicyclic) bond motifs is 1. The van der Waals surface area contributed by atoms with Gasteiger partial charge in [-0.2, -0.15) is 0 Å². The molecule has 4 rings (SSSR count). The van der Waals surface area contributed by atoms with Gasteiger partial charge < -0.3 is 0 Å². The van der Waals surface area contributed by atoms with Crippen LogP contribution in [0.4, 0.5) is 0 Å². The van der Waals surface area contributed by atoms with Crippen LogP contribution in [-0.2, 0) is 0 Å². The van der Waals surface area contributed by atoms with Gasteiger partial charge >= 0.3 is 0 Å². The molecule has 4 aromatic rings. The Labute approximate surface area is 127 Å². The van der Waals surface area contributed by atoms with Crippen LogP contribution in [0.3, 0.4) is 0 Å². The van der Waals surface area contributed by atoms with Crippen LogP contribution in [-0.4, -0.2) is 19.9 Å². The number of nitrogens with zero attached hydrogens (tertiary/aromatic N) is 4. The summed E-state index contributed by atoms with van der Waals surface area (Å²) >= 11 is 0. The molecule has 0 saturated heterocycles. The molecule has 0 aliphatic heterocycles. The largest absolute Gasteiger partial charge is 0.242 e. The maximum Gasteiger partial charge on any atom is 0.181 e. The van der Waals surface area contributed by atoms with Crippen LogP contribution in [0, 0.1) is 0 Å². The van der Waals surface area contributed by atoms with Gasteiger partial charge in [0, 0.05) is 11.1 Å². The van der Waals surface area contributed by atoms with E-state index in [9.17, 15) is 0 Å². The van der Waals surface area contributed by atoms with E-state index in [1.807, 2.05) is 60.7 Å². The zero-order chi connectivity index (χ0) is 14.8. The molecule has 0 aliphatic rings. The number of hydrogen-bond donors (Lipinski definition) is 0. The lowest BCUT2D eigenvalue weighted by atomic mass is 10.0. The normalized spacial score (nSPS) is 10.7. The van der Waals surface area contributed by atoms with Gasteiger partial charge in [0.1, 0.15) is 11.8 Å². The van der Waals surface area contributed by atoms with Crippen molar-refractivity contribution in [2.24, 2.45) is 0 Å². The second kappa shape index (κ2) is 5.33. The van der Waals surface area contributed by atoms with Crippen LogP contribution in [0.5, 0.6) is 0 Å². The molecule has 0 saturated carbocycles. The van der Waals surface area contributed by atoms with Gasteiger partial charge in [0.2, 0.25) is 0 Å². The lowest BCUT2D eigenvalue weighted by Crippen LogP contribution is -1.97. The second-order valence-corrected chi connectivity index (χ2v) is 4.88. The van der Waals surface area contributed by atoms with Crippen LogP contribution >= 0.6 is 0 Å². The molecule has 4 nitrogen and oxygen atoms in total. The van der Waals surface area contributed by atoms with E-state index in [4.69, 9.17) is 9.97 Å². The number of aromatic nitrogens is 4. The quantitative estimate of drug-likeness (QED) is 0.562. The Hall–Kier alpha value is -3.14. The van der Waals surface area contributed by atoms with Crippen molar-refractivity contribution >= 4 is 11.2 Å². The molecular formula is C18H12N4. The Morgan fingerprint density at radius 2 is 1.23 bits per heavy atom. The molecule has 0 atom stereocenters. The maximum absolute atomic E-state index is 4.73. The summed E-state index contributed by atoms with van der Waals surface area (Å²) in [5, 5.41) is 0. The molecule has 0 fully saturated rings. The summed E-state index contributed by atoms with van der Waals surface area (Å²) in [6.07, 6.45) is 3.19. The van der Waals surface area contributed by atoms with E-state index >= 15 is 0 Å². The molecule has 0 unspecified atom stereocenters. The van der Waals surface area contributed by atoms with Crippen LogP contribution in [0.1, 0.15) is 0 Å². The Morgan fingerprint density at radius 3 is 1.86 bits per heavy atom. The van der Waals surface area contributed by atoms with Crippen molar-refractivity contribution in [1.82, 2.24) is 19.9 Å². The first-order valence-corrected chi connectivity index (χ1v) is 7.00. The molecule has 0 aliphatic carbocycles. The van der Waals surface area contributed by atoms with Gasteiger partial charge in [-0.3, -0.25) is 0 Å². The third-order valence-electron chi connectivity index (χ3n) is 3.44. The fourth-order valence-electron chi connectivity index (χ4n) is 2.41. The van der Waals surface area contributed by atoms with Crippen molar-refractivity contribution in [3.8, 4) is 22.5 Å². The van der Waals surface area contributed by atoms with Crippen molar-refractivity contribution < 1.29 is 0 Å². The Balaban J connectivity index is 2.04. The van der Waals surface area contributed by atoms with Gasteiger partial charge in [0.25, 0.3) is 0 Å². The summed E-state index contributed by atoms with van der Waals surface area (Å²) in [5.41, 5.74) is 5.02. The highest BCUT2D eigenvalue weighted by molar-refractivity contribution is 5.84. The van der Waals surface area contributed by atoms with Gasteiger partial charge in [-0.25, -0.2) is 19.9 Å². The number of hydrogen-bond acceptors (Lipinski definition) is 4. The molecule has 22 heavy (non-hydrogen) atoms. The number of benzene rings is 2. The van der Waals surface area contributed by atoms with E-state index in [-0.39, 0.29) is 0 Å². The molecule has 0 N–H and O–H groups in total. The first-order chi connectivity index (χ1) is 10.9. The van der Waals surface area contributed by atoms with Gasteiger partial charge in [0.05, 0.1) is 17.6 Å². The summed E-state index contributed by atoms with van der Waals surface area (Å²) < 4.78 is 0. The summed E-state index contributed by atoms with van der Waals surface area (Å²) in [7, 11) is 0. The zero-order valence-corrected chi connectivity index (χ0v) is 11.7. The first kappa shape index (κ1) is 12.6. The Morgan fingerprint density at radius 1 is 0.636 bits per heavy atom. The van der Waals surface area contributed by atoms with Crippen molar-refractivity contribution in [2.45, 2.75) is 0 Å². The minimum absolute atomic E-state index is 0.605. The van der Waals surface area contributed by atoms with Crippen LogP contribution in [0.2, 0.25) is 0 Å². The third kappa shape index (κ3) is 2.20. The fourth-order valence-corrected chi connectivity index (χ4v) is 2.41. The van der Waals surface area contributed by atoms with Gasteiger partial charge in [-0.1, -0.05) is 60.7 Å². The summed E-state index contributed by atoms with van der Waals surface area (Å²) in [4.78, 5) is 17.7. The maximum atomic E-state index is 4.73.